The molecule has 1 amide bonds. The second kappa shape index (κ2) is 15.3. The SMILES string of the molecule is CC(O)(CCCCCCCCCCS(=O)CCCC(F)(F)F)C(=O)Nc1ccc(C#N)c(C(F)(F)F)c1. The number of hydrogen-bond donors (Lipinski definition) is 2. The van der Waals surface area contributed by atoms with E-state index in [1.807, 2.05) is 0 Å². The van der Waals surface area contributed by atoms with Gasteiger partial charge in [0.05, 0.1) is 17.2 Å². The van der Waals surface area contributed by atoms with Crippen molar-refractivity contribution in [2.75, 3.05) is 16.8 Å². The highest BCUT2D eigenvalue weighted by Crippen LogP contribution is 2.34. The number of nitrogens with zero attached hydrogens (tertiary/aromatic N) is 1. The summed E-state index contributed by atoms with van der Waals surface area (Å²) in [6.45, 7) is 1.30. The first-order chi connectivity index (χ1) is 17.2. The van der Waals surface area contributed by atoms with Crippen LogP contribution < -0.4 is 5.32 Å². The zero-order chi connectivity index (χ0) is 28.1. The molecule has 0 saturated carbocycles. The fourth-order valence-electron chi connectivity index (χ4n) is 3.66. The van der Waals surface area contributed by atoms with Crippen LogP contribution in [0.2, 0.25) is 0 Å². The van der Waals surface area contributed by atoms with E-state index in [0.717, 1.165) is 44.6 Å². The van der Waals surface area contributed by atoms with Crippen molar-refractivity contribution >= 4 is 22.4 Å². The molecule has 210 valence electrons. The van der Waals surface area contributed by atoms with Crippen LogP contribution in [0.5, 0.6) is 0 Å². The predicted octanol–water partition coefficient (Wildman–Crippen LogP) is 6.87. The van der Waals surface area contributed by atoms with Gasteiger partial charge in [0, 0.05) is 34.4 Å². The van der Waals surface area contributed by atoms with E-state index in [9.17, 15) is 40.5 Å². The largest absolute Gasteiger partial charge is 0.417 e. The third-order valence-electron chi connectivity index (χ3n) is 5.81. The second-order valence-electron chi connectivity index (χ2n) is 9.24. The lowest BCUT2D eigenvalue weighted by atomic mass is 9.96. The second-order valence-corrected chi connectivity index (χ2v) is 10.9. The number of nitriles is 1. The van der Waals surface area contributed by atoms with Crippen LogP contribution in [0.1, 0.15) is 88.7 Å². The molecule has 0 saturated heterocycles. The molecule has 0 radical (unpaired) electrons. The molecule has 0 bridgehead atoms. The summed E-state index contributed by atoms with van der Waals surface area (Å²) in [5, 5.41) is 21.6. The molecule has 0 spiro atoms. The molecule has 1 aromatic carbocycles. The average Bonchev–Trinajstić information content (AvgIpc) is 2.78. The maximum absolute atomic E-state index is 13.1. The van der Waals surface area contributed by atoms with Crippen molar-refractivity contribution in [2.45, 2.75) is 95.5 Å². The van der Waals surface area contributed by atoms with E-state index in [1.165, 1.54) is 19.1 Å². The summed E-state index contributed by atoms with van der Waals surface area (Å²) in [5.41, 5.74) is -3.67. The normalized spacial score (nSPS) is 14.6. The van der Waals surface area contributed by atoms with E-state index in [0.29, 0.717) is 24.7 Å². The minimum atomic E-state index is -4.76. The van der Waals surface area contributed by atoms with Crippen LogP contribution in [0.25, 0.3) is 0 Å². The van der Waals surface area contributed by atoms with Crippen LogP contribution >= 0.6 is 0 Å². The van der Waals surface area contributed by atoms with Crippen molar-refractivity contribution in [3.05, 3.63) is 29.3 Å². The van der Waals surface area contributed by atoms with Crippen LogP contribution in [-0.2, 0) is 21.8 Å². The quantitative estimate of drug-likeness (QED) is 0.172. The molecule has 2 unspecified atom stereocenters. The Labute approximate surface area is 216 Å². The standard InChI is InChI=1S/C25H34F6N2O3S/c1-23(35,22(34)33-20-12-11-19(18-32)21(17-20)25(29,30)31)13-8-6-4-2-3-5-7-9-15-37(36)16-10-14-24(26,27)28/h11-12,17,35H,2-10,13-16H2,1H3,(H,33,34). The molecule has 0 heterocycles. The first kappa shape index (κ1) is 32.9. The number of carbonyl (C=O) groups is 1. The Kier molecular flexibility index (Phi) is 13.6. The summed E-state index contributed by atoms with van der Waals surface area (Å²) in [7, 11) is -1.22. The van der Waals surface area contributed by atoms with Gasteiger partial charge in [-0.3, -0.25) is 9.00 Å². The number of amides is 1. The number of nitrogens with one attached hydrogen (secondary N) is 1. The number of unbranched alkanes of at least 4 members (excludes halogenated alkanes) is 7. The van der Waals surface area contributed by atoms with Crippen molar-refractivity contribution in [3.8, 4) is 6.07 Å². The third kappa shape index (κ3) is 13.8. The van der Waals surface area contributed by atoms with E-state index in [2.05, 4.69) is 5.32 Å². The number of aliphatic hydroxyl groups is 1. The van der Waals surface area contributed by atoms with Gasteiger partial charge in [-0.2, -0.15) is 31.6 Å². The summed E-state index contributed by atoms with van der Waals surface area (Å²) >= 11 is 0. The number of anilines is 1. The zero-order valence-corrected chi connectivity index (χ0v) is 21.6. The van der Waals surface area contributed by atoms with E-state index < -0.39 is 52.2 Å². The number of alkyl halides is 6. The van der Waals surface area contributed by atoms with Crippen LogP contribution in [0, 0.1) is 11.3 Å². The molecule has 1 rings (SSSR count). The van der Waals surface area contributed by atoms with Crippen molar-refractivity contribution in [3.63, 3.8) is 0 Å². The third-order valence-corrected chi connectivity index (χ3v) is 7.30. The molecule has 0 fully saturated rings. The van der Waals surface area contributed by atoms with Gasteiger partial charge in [0.15, 0.2) is 0 Å². The Morgan fingerprint density at radius 2 is 1.46 bits per heavy atom. The molecular formula is C25H34F6N2O3S. The minimum absolute atomic E-state index is 0.0728. The summed E-state index contributed by atoms with van der Waals surface area (Å²) in [5.74, 6) is -0.348. The van der Waals surface area contributed by atoms with Gasteiger partial charge in [0.25, 0.3) is 5.91 Å². The fraction of sp³-hybridized carbons (Fsp3) is 0.680. The van der Waals surface area contributed by atoms with Crippen LogP contribution in [0.3, 0.4) is 0 Å². The van der Waals surface area contributed by atoms with E-state index in [-0.39, 0.29) is 24.3 Å². The van der Waals surface area contributed by atoms with Crippen LogP contribution in [0.4, 0.5) is 32.0 Å². The smallest absolute Gasteiger partial charge is 0.380 e. The molecule has 0 aliphatic heterocycles. The summed E-state index contributed by atoms with van der Waals surface area (Å²) in [6.07, 6.45) is -3.34. The molecule has 12 heteroatoms. The minimum Gasteiger partial charge on any atom is -0.380 e. The topological polar surface area (TPSA) is 90.2 Å². The Bertz CT molecular complexity index is 926. The van der Waals surface area contributed by atoms with Crippen molar-refractivity contribution < 1.29 is 40.5 Å². The lowest BCUT2D eigenvalue weighted by molar-refractivity contribution is -0.138. The fourth-order valence-corrected chi connectivity index (χ4v) is 4.86. The number of carbonyl (C=O) groups excluding carboxylic acids is 1. The molecule has 0 aliphatic carbocycles. The maximum atomic E-state index is 13.1. The molecule has 37 heavy (non-hydrogen) atoms. The highest BCUT2D eigenvalue weighted by molar-refractivity contribution is 7.84. The zero-order valence-electron chi connectivity index (χ0n) is 20.8. The molecule has 5 nitrogen and oxygen atoms in total. The number of benzene rings is 1. The lowest BCUT2D eigenvalue weighted by Gasteiger charge is -2.22. The summed E-state index contributed by atoms with van der Waals surface area (Å²) < 4.78 is 87.2. The van der Waals surface area contributed by atoms with Gasteiger partial charge in [0.1, 0.15) is 5.60 Å². The summed E-state index contributed by atoms with van der Waals surface area (Å²) in [4.78, 5) is 12.4. The molecule has 2 atom stereocenters. The van der Waals surface area contributed by atoms with Crippen molar-refractivity contribution in [1.82, 2.24) is 0 Å². The average molecular weight is 557 g/mol. The highest BCUT2D eigenvalue weighted by atomic mass is 32.2. The number of hydrogen-bond acceptors (Lipinski definition) is 4. The Balaban J connectivity index is 2.22. The van der Waals surface area contributed by atoms with Gasteiger partial charge in [-0.1, -0.05) is 44.9 Å². The monoisotopic (exact) mass is 556 g/mol. The first-order valence-corrected chi connectivity index (χ1v) is 13.7. The summed E-state index contributed by atoms with van der Waals surface area (Å²) in [6, 6.07) is 4.26. The molecular weight excluding hydrogens is 522 g/mol. The van der Waals surface area contributed by atoms with Crippen molar-refractivity contribution in [1.29, 1.82) is 5.26 Å². The van der Waals surface area contributed by atoms with Gasteiger partial charge in [0.2, 0.25) is 0 Å². The van der Waals surface area contributed by atoms with Crippen LogP contribution in [0.15, 0.2) is 18.2 Å². The first-order valence-electron chi connectivity index (χ1n) is 12.2. The predicted molar refractivity (Wildman–Crippen MR) is 130 cm³/mol. The van der Waals surface area contributed by atoms with Gasteiger partial charge < -0.3 is 10.4 Å². The highest BCUT2D eigenvalue weighted by Gasteiger charge is 2.35. The number of halogens is 6. The van der Waals surface area contributed by atoms with Gasteiger partial charge >= 0.3 is 12.4 Å². The Hall–Kier alpha value is -2.13. The Morgan fingerprint density at radius 1 is 0.919 bits per heavy atom. The van der Waals surface area contributed by atoms with Gasteiger partial charge in [-0.15, -0.1) is 0 Å². The molecule has 0 aromatic heterocycles. The lowest BCUT2D eigenvalue weighted by Crippen LogP contribution is -2.40. The van der Waals surface area contributed by atoms with Gasteiger partial charge in [-0.05, 0) is 44.4 Å². The molecule has 0 aliphatic rings. The van der Waals surface area contributed by atoms with E-state index in [1.54, 1.807) is 0 Å². The van der Waals surface area contributed by atoms with E-state index >= 15 is 0 Å². The van der Waals surface area contributed by atoms with Crippen LogP contribution in [-0.4, -0.2) is 38.5 Å². The molecule has 1 aromatic rings. The Morgan fingerprint density at radius 3 is 2.00 bits per heavy atom. The number of rotatable bonds is 16. The van der Waals surface area contributed by atoms with E-state index in [4.69, 9.17) is 5.26 Å². The van der Waals surface area contributed by atoms with Crippen molar-refractivity contribution in [2.24, 2.45) is 0 Å². The maximum Gasteiger partial charge on any atom is 0.417 e. The molecule has 2 N–H and O–H groups in total. The van der Waals surface area contributed by atoms with Gasteiger partial charge in [-0.25, -0.2) is 0 Å².